The zero-order valence-corrected chi connectivity index (χ0v) is 17.1. The summed E-state index contributed by atoms with van der Waals surface area (Å²) in [5, 5.41) is 1.08. The highest BCUT2D eigenvalue weighted by Gasteiger charge is 2.34. The summed E-state index contributed by atoms with van der Waals surface area (Å²) in [4.78, 5) is 25.6. The molecule has 0 spiro atoms. The number of methoxy groups -OCH3 is 2. The van der Waals surface area contributed by atoms with Crippen LogP contribution < -0.4 is 14.9 Å². The molecule has 144 valence electrons. The van der Waals surface area contributed by atoms with Gasteiger partial charge in [0.1, 0.15) is 11.5 Å². The van der Waals surface area contributed by atoms with Crippen molar-refractivity contribution in [2.75, 3.05) is 14.2 Å². The minimum absolute atomic E-state index is 0.249. The van der Waals surface area contributed by atoms with Crippen LogP contribution in [-0.2, 0) is 4.79 Å². The van der Waals surface area contributed by atoms with E-state index < -0.39 is 11.8 Å². The van der Waals surface area contributed by atoms with Crippen molar-refractivity contribution in [2.45, 2.75) is 6.92 Å². The zero-order valence-electron chi connectivity index (χ0n) is 15.5. The van der Waals surface area contributed by atoms with Crippen LogP contribution in [0.4, 0.5) is 0 Å². The molecule has 0 unspecified atom stereocenters. The number of thioether (sulfide) groups is 1. The fraction of sp³-hybridized carbons (Fsp3) is 0.150. The number of aryl methyl sites for hydroxylation is 1. The Balaban J connectivity index is 1.82. The van der Waals surface area contributed by atoms with Gasteiger partial charge in [0.25, 0.3) is 11.8 Å². The van der Waals surface area contributed by atoms with E-state index in [9.17, 15) is 9.59 Å². The monoisotopic (exact) mass is 414 g/mol. The van der Waals surface area contributed by atoms with E-state index in [1.165, 1.54) is 0 Å². The van der Waals surface area contributed by atoms with Gasteiger partial charge in [-0.25, -0.2) is 0 Å². The minimum atomic E-state index is -0.406. The topological polar surface area (TPSA) is 67.9 Å². The predicted molar refractivity (Wildman–Crippen MR) is 113 cm³/mol. The second kappa shape index (κ2) is 8.45. The van der Waals surface area contributed by atoms with E-state index in [2.05, 4.69) is 5.43 Å². The number of nitrogens with one attached hydrogen (secondary N) is 1. The van der Waals surface area contributed by atoms with Gasteiger partial charge in [-0.1, -0.05) is 29.5 Å². The quantitative estimate of drug-likeness (QED) is 0.596. The molecule has 6 nitrogen and oxygen atoms in total. The van der Waals surface area contributed by atoms with E-state index in [0.717, 1.165) is 22.3 Å². The summed E-state index contributed by atoms with van der Waals surface area (Å²) in [6.45, 7) is 1.93. The van der Waals surface area contributed by atoms with E-state index in [1.807, 2.05) is 19.1 Å². The molecular weight excluding hydrogens is 396 g/mol. The lowest BCUT2D eigenvalue weighted by Crippen LogP contribution is -2.44. The van der Waals surface area contributed by atoms with Crippen LogP contribution in [-0.4, -0.2) is 35.4 Å². The third-order valence-electron chi connectivity index (χ3n) is 4.04. The van der Waals surface area contributed by atoms with E-state index in [1.54, 1.807) is 50.6 Å². The molecule has 0 bridgehead atoms. The van der Waals surface area contributed by atoms with Crippen molar-refractivity contribution < 1.29 is 19.1 Å². The molecule has 28 heavy (non-hydrogen) atoms. The molecular formula is C20H18N2O4S2. The highest BCUT2D eigenvalue weighted by molar-refractivity contribution is 8.26. The Hall–Kier alpha value is -2.84. The zero-order chi connectivity index (χ0) is 20.3. The first-order chi connectivity index (χ1) is 13.4. The molecule has 1 heterocycles. The van der Waals surface area contributed by atoms with Crippen LogP contribution in [0.2, 0.25) is 0 Å². The van der Waals surface area contributed by atoms with Crippen LogP contribution in [0.3, 0.4) is 0 Å². The van der Waals surface area contributed by atoms with Crippen LogP contribution in [0.1, 0.15) is 21.5 Å². The van der Waals surface area contributed by atoms with E-state index in [4.69, 9.17) is 21.7 Å². The van der Waals surface area contributed by atoms with E-state index in [0.29, 0.717) is 27.5 Å². The average molecular weight is 415 g/mol. The third kappa shape index (κ3) is 4.18. The van der Waals surface area contributed by atoms with Crippen LogP contribution in [0.15, 0.2) is 47.4 Å². The first-order valence-corrected chi connectivity index (χ1v) is 9.53. The molecule has 0 atom stereocenters. The van der Waals surface area contributed by atoms with Gasteiger partial charge in [0.15, 0.2) is 4.32 Å². The number of amides is 2. The lowest BCUT2D eigenvalue weighted by molar-refractivity contribution is -0.123. The first-order valence-electron chi connectivity index (χ1n) is 8.30. The van der Waals surface area contributed by atoms with Gasteiger partial charge in [-0.05, 0) is 55.5 Å². The molecule has 3 rings (SSSR count). The Morgan fingerprint density at radius 2 is 1.86 bits per heavy atom. The Kier molecular flexibility index (Phi) is 6.01. The molecule has 2 amide bonds. The Morgan fingerprint density at radius 1 is 1.14 bits per heavy atom. The summed E-state index contributed by atoms with van der Waals surface area (Å²) in [5.41, 5.74) is 4.72. The van der Waals surface area contributed by atoms with Crippen molar-refractivity contribution in [1.82, 2.24) is 10.4 Å². The third-order valence-corrected chi connectivity index (χ3v) is 5.35. The molecule has 0 radical (unpaired) electrons. The summed E-state index contributed by atoms with van der Waals surface area (Å²) < 4.78 is 10.8. The average Bonchev–Trinajstić information content (AvgIpc) is 2.95. The standard InChI is InChI=1S/C20H18N2O4S2/c1-12-4-6-13(7-5-12)18(23)21-22-19(24)17(28-20(22)27)11-14-10-15(25-2)8-9-16(14)26-3/h4-11H,1-3H3,(H,21,23)/b17-11-. The van der Waals surface area contributed by atoms with Gasteiger partial charge in [-0.3, -0.25) is 15.0 Å². The molecule has 1 fully saturated rings. The van der Waals surface area contributed by atoms with Gasteiger partial charge < -0.3 is 9.47 Å². The van der Waals surface area contributed by atoms with Crippen molar-refractivity contribution in [2.24, 2.45) is 0 Å². The molecule has 2 aromatic carbocycles. The molecule has 8 heteroatoms. The number of carbonyl (C=O) groups excluding carboxylic acids is 2. The molecule has 0 saturated carbocycles. The summed E-state index contributed by atoms with van der Waals surface area (Å²) in [6, 6.07) is 12.3. The molecule has 1 aliphatic rings. The van der Waals surface area contributed by atoms with Crippen LogP contribution in [0.5, 0.6) is 11.5 Å². The fourth-order valence-electron chi connectivity index (χ4n) is 2.53. The van der Waals surface area contributed by atoms with Gasteiger partial charge in [0, 0.05) is 11.1 Å². The molecule has 1 N–H and O–H groups in total. The highest BCUT2D eigenvalue weighted by atomic mass is 32.2. The van der Waals surface area contributed by atoms with Gasteiger partial charge >= 0.3 is 0 Å². The van der Waals surface area contributed by atoms with Crippen molar-refractivity contribution in [3.05, 3.63) is 64.1 Å². The second-order valence-electron chi connectivity index (χ2n) is 5.93. The maximum atomic E-state index is 12.8. The number of hydrazine groups is 1. The molecule has 2 aromatic rings. The van der Waals surface area contributed by atoms with Crippen LogP contribution in [0, 0.1) is 6.92 Å². The lowest BCUT2D eigenvalue weighted by Gasteiger charge is -2.15. The SMILES string of the molecule is COc1ccc(OC)c(/C=C2\SC(=S)N(NC(=O)c3ccc(C)cc3)C2=O)c1. The molecule has 0 aromatic heterocycles. The summed E-state index contributed by atoms with van der Waals surface area (Å²) >= 11 is 6.37. The molecule has 1 aliphatic heterocycles. The summed E-state index contributed by atoms with van der Waals surface area (Å²) in [6.07, 6.45) is 1.67. The Morgan fingerprint density at radius 3 is 2.50 bits per heavy atom. The summed E-state index contributed by atoms with van der Waals surface area (Å²) in [7, 11) is 3.11. The lowest BCUT2D eigenvalue weighted by atomic mass is 10.1. The van der Waals surface area contributed by atoms with Gasteiger partial charge in [0.05, 0.1) is 19.1 Å². The van der Waals surface area contributed by atoms with E-state index >= 15 is 0 Å². The maximum Gasteiger partial charge on any atom is 0.285 e. The van der Waals surface area contributed by atoms with Gasteiger partial charge in [-0.2, -0.15) is 5.01 Å². The van der Waals surface area contributed by atoms with Gasteiger partial charge in [0.2, 0.25) is 0 Å². The number of benzene rings is 2. The number of nitrogens with zero attached hydrogens (tertiary/aromatic N) is 1. The smallest absolute Gasteiger partial charge is 0.285 e. The number of carbonyl (C=O) groups is 2. The maximum absolute atomic E-state index is 12.8. The largest absolute Gasteiger partial charge is 0.497 e. The van der Waals surface area contributed by atoms with Crippen LogP contribution >= 0.6 is 24.0 Å². The van der Waals surface area contributed by atoms with Crippen LogP contribution in [0.25, 0.3) is 6.08 Å². The number of rotatable bonds is 5. The first kappa shape index (κ1) is 19.9. The van der Waals surface area contributed by atoms with Crippen molar-refractivity contribution in [3.63, 3.8) is 0 Å². The number of hydrogen-bond donors (Lipinski definition) is 1. The normalized spacial score (nSPS) is 15.1. The minimum Gasteiger partial charge on any atom is -0.497 e. The molecule has 0 aliphatic carbocycles. The predicted octanol–water partition coefficient (Wildman–Crippen LogP) is 3.56. The second-order valence-corrected chi connectivity index (χ2v) is 7.61. The molecule has 1 saturated heterocycles. The van der Waals surface area contributed by atoms with Crippen molar-refractivity contribution in [1.29, 1.82) is 0 Å². The number of ether oxygens (including phenoxy) is 2. The van der Waals surface area contributed by atoms with Crippen molar-refractivity contribution in [3.8, 4) is 11.5 Å². The highest BCUT2D eigenvalue weighted by Crippen LogP contribution is 2.34. The van der Waals surface area contributed by atoms with Crippen molar-refractivity contribution >= 4 is 46.2 Å². The number of thiocarbonyl (C=S) groups is 1. The van der Waals surface area contributed by atoms with E-state index in [-0.39, 0.29) is 4.32 Å². The Labute approximate surface area is 172 Å². The number of hydrogen-bond acceptors (Lipinski definition) is 6. The summed E-state index contributed by atoms with van der Waals surface area (Å²) in [5.74, 6) is 0.418. The van der Waals surface area contributed by atoms with Gasteiger partial charge in [-0.15, -0.1) is 0 Å². The Bertz CT molecular complexity index is 971. The fourth-order valence-corrected chi connectivity index (χ4v) is 3.70.